The molecule has 0 radical (unpaired) electrons. The molecular formula is C29H45NO2. The van der Waals surface area contributed by atoms with Gasteiger partial charge in [0.25, 0.3) is 0 Å². The smallest absolute Gasteiger partial charge is 0.108 e. The molecular weight excluding hydrogens is 394 g/mol. The van der Waals surface area contributed by atoms with E-state index in [9.17, 15) is 0 Å². The van der Waals surface area contributed by atoms with Crippen LogP contribution in [-0.4, -0.2) is 30.3 Å². The van der Waals surface area contributed by atoms with E-state index in [0.717, 1.165) is 23.7 Å². The standard InChI is InChI=1S/C29H45NO2/c1-20(30-15-4-5-16-30)32-23-8-6-22-7-9-24-26-11-10-25(21-13-17-31-19-21)28(26,2)14-12-27(24)29(22,3)18-23/h13,17,19-20,22-27H,4-12,14-16,18H2,1-3H3/t20?,22?,23?,24-,25-,26-,27-,28+,29-/m0/s1. The summed E-state index contributed by atoms with van der Waals surface area (Å²) in [4.78, 5) is 2.57. The van der Waals surface area contributed by atoms with Crippen LogP contribution in [0.25, 0.3) is 0 Å². The van der Waals surface area contributed by atoms with Crippen LogP contribution in [0.1, 0.15) is 103 Å². The van der Waals surface area contributed by atoms with Crippen molar-refractivity contribution in [1.29, 1.82) is 0 Å². The summed E-state index contributed by atoms with van der Waals surface area (Å²) < 4.78 is 12.3. The highest BCUT2D eigenvalue weighted by Gasteiger charge is 2.60. The fraction of sp³-hybridized carbons (Fsp3) is 0.862. The van der Waals surface area contributed by atoms with Crippen LogP contribution < -0.4 is 0 Å². The lowest BCUT2D eigenvalue weighted by atomic mass is 9.44. The van der Waals surface area contributed by atoms with E-state index in [1.165, 1.54) is 89.3 Å². The lowest BCUT2D eigenvalue weighted by Crippen LogP contribution is -2.54. The van der Waals surface area contributed by atoms with E-state index in [1.807, 2.05) is 12.5 Å². The molecule has 5 fully saturated rings. The number of nitrogens with zero attached hydrogens (tertiary/aromatic N) is 1. The van der Waals surface area contributed by atoms with Crippen LogP contribution in [0.15, 0.2) is 23.0 Å². The van der Waals surface area contributed by atoms with Crippen molar-refractivity contribution in [3.05, 3.63) is 24.2 Å². The number of furan rings is 1. The van der Waals surface area contributed by atoms with Crippen molar-refractivity contribution >= 4 is 0 Å². The molecule has 3 unspecified atom stereocenters. The molecule has 1 aromatic heterocycles. The van der Waals surface area contributed by atoms with Crippen molar-refractivity contribution < 1.29 is 9.15 Å². The fourth-order valence-electron chi connectivity index (χ4n) is 9.91. The molecule has 0 aromatic carbocycles. The van der Waals surface area contributed by atoms with E-state index in [0.29, 0.717) is 29.1 Å². The molecule has 0 bridgehead atoms. The van der Waals surface area contributed by atoms with Gasteiger partial charge in [0, 0.05) is 13.1 Å². The van der Waals surface area contributed by atoms with Gasteiger partial charge in [-0.2, -0.15) is 0 Å². The van der Waals surface area contributed by atoms with E-state index in [4.69, 9.17) is 9.15 Å². The third-order valence-electron chi connectivity index (χ3n) is 11.6. The number of ether oxygens (including phenoxy) is 1. The maximum Gasteiger partial charge on any atom is 0.108 e. The summed E-state index contributed by atoms with van der Waals surface area (Å²) in [6, 6.07) is 2.24. The minimum atomic E-state index is 0.308. The van der Waals surface area contributed by atoms with E-state index in [2.05, 4.69) is 31.7 Å². The van der Waals surface area contributed by atoms with Crippen LogP contribution >= 0.6 is 0 Å². The van der Waals surface area contributed by atoms with Crippen LogP contribution in [-0.2, 0) is 4.74 Å². The molecule has 32 heavy (non-hydrogen) atoms. The number of fused-ring (bicyclic) bond motifs is 5. The molecule has 1 aromatic rings. The molecule has 6 rings (SSSR count). The first-order chi connectivity index (χ1) is 15.5. The molecule has 2 heterocycles. The summed E-state index contributed by atoms with van der Waals surface area (Å²) >= 11 is 0. The summed E-state index contributed by atoms with van der Waals surface area (Å²) in [7, 11) is 0. The predicted molar refractivity (Wildman–Crippen MR) is 128 cm³/mol. The second-order valence-electron chi connectivity index (χ2n) is 12.8. The third kappa shape index (κ3) is 3.35. The van der Waals surface area contributed by atoms with Gasteiger partial charge in [-0.15, -0.1) is 0 Å². The van der Waals surface area contributed by atoms with Gasteiger partial charge in [0.2, 0.25) is 0 Å². The van der Waals surface area contributed by atoms with Gasteiger partial charge in [-0.05, 0) is 130 Å². The largest absolute Gasteiger partial charge is 0.472 e. The molecule has 1 aliphatic heterocycles. The molecule has 178 valence electrons. The second kappa shape index (κ2) is 8.15. The van der Waals surface area contributed by atoms with E-state index in [-0.39, 0.29) is 0 Å². The van der Waals surface area contributed by atoms with Gasteiger partial charge in [0.05, 0.1) is 18.6 Å². The zero-order chi connectivity index (χ0) is 21.9. The summed E-state index contributed by atoms with van der Waals surface area (Å²) in [5.74, 6) is 4.39. The zero-order valence-electron chi connectivity index (χ0n) is 20.7. The van der Waals surface area contributed by atoms with Crippen molar-refractivity contribution in [2.45, 2.75) is 110 Å². The number of likely N-dealkylation sites (tertiary alicyclic amines) is 1. The van der Waals surface area contributed by atoms with Gasteiger partial charge in [-0.3, -0.25) is 4.90 Å². The highest BCUT2D eigenvalue weighted by molar-refractivity contribution is 5.22. The first-order valence-electron chi connectivity index (χ1n) is 13.9. The highest BCUT2D eigenvalue weighted by atomic mass is 16.5. The second-order valence-corrected chi connectivity index (χ2v) is 12.8. The Hall–Kier alpha value is -0.800. The number of hydrogen-bond donors (Lipinski definition) is 0. The van der Waals surface area contributed by atoms with Gasteiger partial charge in [-0.25, -0.2) is 0 Å². The normalized spacial score (nSPS) is 47.6. The average Bonchev–Trinajstić information content (AvgIpc) is 3.53. The minimum Gasteiger partial charge on any atom is -0.472 e. The van der Waals surface area contributed by atoms with Crippen LogP contribution in [0.2, 0.25) is 0 Å². The summed E-state index contributed by atoms with van der Waals surface area (Å²) in [5.41, 5.74) is 2.43. The topological polar surface area (TPSA) is 25.6 Å². The van der Waals surface area contributed by atoms with Gasteiger partial charge in [0.1, 0.15) is 6.23 Å². The SMILES string of the molecule is CC(OC1CCC2CC[C@H]3[C@@H]4CC[C@@H](c5ccoc5)[C@@]4(C)CC[C@@H]3[C@@]2(C)C1)N1CCCC1. The Balaban J connectivity index is 1.19. The molecule has 9 atom stereocenters. The van der Waals surface area contributed by atoms with Gasteiger partial charge in [-0.1, -0.05) is 13.8 Å². The molecule has 3 nitrogen and oxygen atoms in total. The Labute approximate surface area is 195 Å². The predicted octanol–water partition coefficient (Wildman–Crippen LogP) is 7.23. The summed E-state index contributed by atoms with van der Waals surface area (Å²) in [6.45, 7) is 10.1. The van der Waals surface area contributed by atoms with E-state index in [1.54, 1.807) is 0 Å². The van der Waals surface area contributed by atoms with Crippen LogP contribution in [0, 0.1) is 34.5 Å². The molecule has 1 saturated heterocycles. The molecule has 3 heteroatoms. The van der Waals surface area contributed by atoms with Crippen molar-refractivity contribution in [3.63, 3.8) is 0 Å². The van der Waals surface area contributed by atoms with Crippen LogP contribution in [0.3, 0.4) is 0 Å². The fourth-order valence-corrected chi connectivity index (χ4v) is 9.91. The van der Waals surface area contributed by atoms with Gasteiger partial charge >= 0.3 is 0 Å². The summed E-state index contributed by atoms with van der Waals surface area (Å²) in [6.07, 6.45) is 20.0. The van der Waals surface area contributed by atoms with Crippen LogP contribution in [0.4, 0.5) is 0 Å². The monoisotopic (exact) mass is 439 g/mol. The summed E-state index contributed by atoms with van der Waals surface area (Å²) in [5, 5.41) is 0. The third-order valence-corrected chi connectivity index (χ3v) is 11.6. The van der Waals surface area contributed by atoms with E-state index < -0.39 is 0 Å². The van der Waals surface area contributed by atoms with Crippen LogP contribution in [0.5, 0.6) is 0 Å². The molecule has 5 aliphatic rings. The van der Waals surface area contributed by atoms with Gasteiger partial charge in [0.15, 0.2) is 0 Å². The number of hydrogen-bond acceptors (Lipinski definition) is 3. The average molecular weight is 440 g/mol. The first kappa shape index (κ1) is 21.7. The molecule has 0 spiro atoms. The maximum absolute atomic E-state index is 6.76. The van der Waals surface area contributed by atoms with Crippen molar-refractivity contribution in [2.24, 2.45) is 34.5 Å². The minimum absolute atomic E-state index is 0.308. The van der Waals surface area contributed by atoms with Crippen molar-refractivity contribution in [1.82, 2.24) is 4.90 Å². The number of rotatable bonds is 4. The lowest BCUT2D eigenvalue weighted by molar-refractivity contribution is -0.162. The Morgan fingerprint density at radius 2 is 1.75 bits per heavy atom. The Morgan fingerprint density at radius 1 is 0.969 bits per heavy atom. The highest BCUT2D eigenvalue weighted by Crippen LogP contribution is 2.69. The van der Waals surface area contributed by atoms with Gasteiger partial charge < -0.3 is 9.15 Å². The zero-order valence-corrected chi connectivity index (χ0v) is 20.7. The Kier molecular flexibility index (Phi) is 5.53. The van der Waals surface area contributed by atoms with Crippen molar-refractivity contribution in [2.75, 3.05) is 13.1 Å². The molecule has 0 amide bonds. The molecule has 0 N–H and O–H groups in total. The lowest BCUT2D eigenvalue weighted by Gasteiger charge is -2.61. The first-order valence-corrected chi connectivity index (χ1v) is 13.9. The quantitative estimate of drug-likeness (QED) is 0.495. The molecule has 4 saturated carbocycles. The Morgan fingerprint density at radius 3 is 2.53 bits per heavy atom. The van der Waals surface area contributed by atoms with Crippen molar-refractivity contribution in [3.8, 4) is 0 Å². The molecule has 4 aliphatic carbocycles. The Bertz CT molecular complexity index is 785. The maximum atomic E-state index is 6.76. The van der Waals surface area contributed by atoms with E-state index >= 15 is 0 Å².